The molecule has 0 spiro atoms. The van der Waals surface area contributed by atoms with Crippen LogP contribution in [0.25, 0.3) is 0 Å². The predicted molar refractivity (Wildman–Crippen MR) is 71.1 cm³/mol. The molecule has 0 unspecified atom stereocenters. The van der Waals surface area contributed by atoms with Crippen LogP contribution in [0.4, 0.5) is 14.5 Å². The number of carbonyl (C=O) groups excluding carboxylic acids is 1. The number of hydrogen-bond acceptors (Lipinski definition) is 7. The molecule has 0 fully saturated rings. The Bertz CT molecular complexity index is 575. The third-order valence-electron chi connectivity index (χ3n) is 2.27. The number of carbonyl (C=O) groups is 1. The van der Waals surface area contributed by atoms with Crippen LogP contribution in [0.2, 0.25) is 0 Å². The molecule has 0 aliphatic rings. The summed E-state index contributed by atoms with van der Waals surface area (Å²) in [6.07, 6.45) is 0. The van der Waals surface area contributed by atoms with Gasteiger partial charge >= 0.3 is 12.6 Å². The van der Waals surface area contributed by atoms with Crippen LogP contribution in [0, 0.1) is 0 Å². The third-order valence-corrected chi connectivity index (χ3v) is 2.27. The van der Waals surface area contributed by atoms with Crippen LogP contribution in [0.1, 0.15) is 0 Å². The Kier molecular flexibility index (Phi) is 6.90. The highest BCUT2D eigenvalue weighted by molar-refractivity contribution is 5.88. The summed E-state index contributed by atoms with van der Waals surface area (Å²) < 4.78 is 37.9. The number of nitrogens with zero attached hydrogens (tertiary/aromatic N) is 2. The Morgan fingerprint density at radius 3 is 2.59 bits per heavy atom. The van der Waals surface area contributed by atoms with E-state index in [2.05, 4.69) is 24.4 Å². The van der Waals surface area contributed by atoms with E-state index in [-0.39, 0.29) is 18.0 Å². The Morgan fingerprint density at radius 1 is 1.32 bits per heavy atom. The maximum absolute atomic E-state index is 12.3. The summed E-state index contributed by atoms with van der Waals surface area (Å²) in [5, 5.41) is 16.8. The molecule has 0 aliphatic carbocycles. The van der Waals surface area contributed by atoms with Gasteiger partial charge in [-0.3, -0.25) is 0 Å². The van der Waals surface area contributed by atoms with E-state index in [0.29, 0.717) is 0 Å². The number of esters is 1. The van der Waals surface area contributed by atoms with Gasteiger partial charge in [0.05, 0.1) is 7.11 Å². The molecular formula is C13H14F2N2O5. The fourth-order valence-electron chi connectivity index (χ4n) is 1.36. The van der Waals surface area contributed by atoms with Gasteiger partial charge < -0.3 is 19.3 Å². The van der Waals surface area contributed by atoms with Gasteiger partial charge in [-0.2, -0.15) is 8.78 Å². The largest absolute Gasteiger partial charge is 0.507 e. The lowest BCUT2D eigenvalue weighted by molar-refractivity contribution is -0.136. The zero-order valence-corrected chi connectivity index (χ0v) is 11.8. The summed E-state index contributed by atoms with van der Waals surface area (Å²) in [6.45, 7) is -3.33. The molecule has 7 nitrogen and oxygen atoms in total. The minimum absolute atomic E-state index is 0.0468. The fourth-order valence-corrected chi connectivity index (χ4v) is 1.36. The zero-order chi connectivity index (χ0) is 16.5. The number of ether oxygens (including phenoxy) is 3. The summed E-state index contributed by atoms with van der Waals surface area (Å²) in [6, 6.07) is 5.60. The molecule has 1 aromatic rings. The molecule has 0 amide bonds. The molecule has 0 bridgehead atoms. The molecule has 0 saturated heterocycles. The summed E-state index contributed by atoms with van der Waals surface area (Å²) in [5.74, 6) is -1.69. The molecule has 1 aromatic carbocycles. The van der Waals surface area contributed by atoms with E-state index in [1.165, 1.54) is 31.4 Å². The molecule has 0 aliphatic heterocycles. The number of methoxy groups -OCH3 is 2. The van der Waals surface area contributed by atoms with Gasteiger partial charge in [0, 0.05) is 7.11 Å². The van der Waals surface area contributed by atoms with Gasteiger partial charge in [-0.1, -0.05) is 12.1 Å². The van der Waals surface area contributed by atoms with Crippen molar-refractivity contribution < 1.29 is 32.9 Å². The van der Waals surface area contributed by atoms with Crippen LogP contribution in [0.15, 0.2) is 46.0 Å². The fraction of sp³-hybridized carbons (Fsp3) is 0.308. The molecule has 0 atom stereocenters. The smallest absolute Gasteiger partial charge is 0.387 e. The van der Waals surface area contributed by atoms with Crippen LogP contribution >= 0.6 is 0 Å². The Hall–Kier alpha value is -2.55. The standard InChI is InChI=1S/C13H14F2N2O5/c1-20-7-9(18)11(12(19)21-2)17-16-8-5-3-4-6-10(8)22-13(14)15/h3-6,13,18H,7H2,1-2H3. The van der Waals surface area contributed by atoms with E-state index in [4.69, 9.17) is 0 Å². The van der Waals surface area contributed by atoms with Crippen LogP contribution in [0.3, 0.4) is 0 Å². The van der Waals surface area contributed by atoms with Crippen molar-refractivity contribution in [2.24, 2.45) is 10.2 Å². The first kappa shape index (κ1) is 17.5. The van der Waals surface area contributed by atoms with E-state index < -0.39 is 24.0 Å². The zero-order valence-electron chi connectivity index (χ0n) is 11.8. The highest BCUT2D eigenvalue weighted by Gasteiger charge is 2.16. The van der Waals surface area contributed by atoms with Crippen LogP contribution < -0.4 is 4.74 Å². The molecule has 120 valence electrons. The van der Waals surface area contributed by atoms with Crippen molar-refractivity contribution >= 4 is 11.7 Å². The predicted octanol–water partition coefficient (Wildman–Crippen LogP) is 2.96. The molecule has 1 N–H and O–H groups in total. The van der Waals surface area contributed by atoms with Gasteiger partial charge in [-0.25, -0.2) is 4.79 Å². The van der Waals surface area contributed by atoms with E-state index in [1.807, 2.05) is 0 Å². The lowest BCUT2D eigenvalue weighted by Crippen LogP contribution is -2.08. The van der Waals surface area contributed by atoms with Crippen molar-refractivity contribution in [3.05, 3.63) is 35.7 Å². The SMILES string of the molecule is COCC(O)=C(N=Nc1ccccc1OC(F)F)C(=O)OC. The first-order chi connectivity index (χ1) is 10.5. The number of azo groups is 1. The maximum atomic E-state index is 12.3. The summed E-state index contributed by atoms with van der Waals surface area (Å²) in [5.41, 5.74) is -0.550. The summed E-state index contributed by atoms with van der Waals surface area (Å²) in [7, 11) is 2.39. The molecule has 0 heterocycles. The van der Waals surface area contributed by atoms with Crippen LogP contribution in [-0.2, 0) is 14.3 Å². The number of halogens is 2. The van der Waals surface area contributed by atoms with Gasteiger partial charge in [0.2, 0.25) is 5.70 Å². The molecular weight excluding hydrogens is 302 g/mol. The van der Waals surface area contributed by atoms with Crippen molar-refractivity contribution in [2.45, 2.75) is 6.61 Å². The maximum Gasteiger partial charge on any atom is 0.387 e. The van der Waals surface area contributed by atoms with Gasteiger partial charge in [0.15, 0.2) is 11.5 Å². The highest BCUT2D eigenvalue weighted by atomic mass is 19.3. The van der Waals surface area contributed by atoms with E-state index in [1.54, 1.807) is 0 Å². The monoisotopic (exact) mass is 316 g/mol. The minimum Gasteiger partial charge on any atom is -0.507 e. The molecule has 0 saturated carbocycles. The second-order valence-corrected chi connectivity index (χ2v) is 3.77. The summed E-state index contributed by atoms with van der Waals surface area (Å²) >= 11 is 0. The minimum atomic E-state index is -3.03. The average Bonchev–Trinajstić information content (AvgIpc) is 2.48. The number of hydrogen-bond donors (Lipinski definition) is 1. The van der Waals surface area contributed by atoms with Crippen molar-refractivity contribution in [1.82, 2.24) is 0 Å². The number of benzene rings is 1. The van der Waals surface area contributed by atoms with Crippen LogP contribution in [0.5, 0.6) is 5.75 Å². The Balaban J connectivity index is 3.11. The number of alkyl halides is 2. The first-order valence-corrected chi connectivity index (χ1v) is 5.94. The molecule has 0 radical (unpaired) electrons. The third kappa shape index (κ3) is 5.09. The molecule has 22 heavy (non-hydrogen) atoms. The van der Waals surface area contributed by atoms with Crippen molar-refractivity contribution in [3.8, 4) is 5.75 Å². The molecule has 1 rings (SSSR count). The van der Waals surface area contributed by atoms with E-state index >= 15 is 0 Å². The number of aliphatic hydroxyl groups excluding tert-OH is 1. The second-order valence-electron chi connectivity index (χ2n) is 3.77. The van der Waals surface area contributed by atoms with Crippen molar-refractivity contribution in [2.75, 3.05) is 20.8 Å². The van der Waals surface area contributed by atoms with Gasteiger partial charge in [0.25, 0.3) is 0 Å². The van der Waals surface area contributed by atoms with Crippen LogP contribution in [-0.4, -0.2) is 38.5 Å². The highest BCUT2D eigenvalue weighted by Crippen LogP contribution is 2.29. The van der Waals surface area contributed by atoms with Gasteiger partial charge in [0.1, 0.15) is 12.3 Å². The second kappa shape index (κ2) is 8.67. The number of rotatable bonds is 7. The van der Waals surface area contributed by atoms with Gasteiger partial charge in [-0.05, 0) is 12.1 Å². The normalized spacial score (nSPS) is 12.4. The average molecular weight is 316 g/mol. The van der Waals surface area contributed by atoms with Crippen molar-refractivity contribution in [1.29, 1.82) is 0 Å². The van der Waals surface area contributed by atoms with E-state index in [0.717, 1.165) is 7.11 Å². The number of para-hydroxylation sites is 1. The Morgan fingerprint density at radius 2 is 2.00 bits per heavy atom. The lowest BCUT2D eigenvalue weighted by Gasteiger charge is -2.06. The lowest BCUT2D eigenvalue weighted by atomic mass is 10.3. The van der Waals surface area contributed by atoms with Gasteiger partial charge in [-0.15, -0.1) is 10.2 Å². The van der Waals surface area contributed by atoms with E-state index in [9.17, 15) is 18.7 Å². The summed E-state index contributed by atoms with van der Waals surface area (Å²) in [4.78, 5) is 11.5. The first-order valence-electron chi connectivity index (χ1n) is 5.94. The number of aliphatic hydroxyl groups is 1. The Labute approximate surface area is 124 Å². The topological polar surface area (TPSA) is 89.7 Å². The quantitative estimate of drug-likeness (QED) is 0.361. The molecule has 0 aromatic heterocycles. The van der Waals surface area contributed by atoms with Crippen molar-refractivity contribution in [3.63, 3.8) is 0 Å². The molecule has 9 heteroatoms.